The fourth-order valence-electron chi connectivity index (χ4n) is 2.08. The standard InChI is InChI=1S/C16H14ClN3O/c17-13-8-4-7-12(10-13)15-19-20-16(21-15)14(18)9-11-5-2-1-3-6-11/h1-8,10,14H,9,18H2. The topological polar surface area (TPSA) is 64.9 Å². The van der Waals surface area contributed by atoms with Gasteiger partial charge in [0.05, 0.1) is 6.04 Å². The van der Waals surface area contributed by atoms with Gasteiger partial charge in [0.1, 0.15) is 0 Å². The largest absolute Gasteiger partial charge is 0.419 e. The molecule has 0 amide bonds. The molecule has 1 atom stereocenters. The van der Waals surface area contributed by atoms with Crippen molar-refractivity contribution in [3.05, 3.63) is 71.1 Å². The van der Waals surface area contributed by atoms with Crippen molar-refractivity contribution in [3.8, 4) is 11.5 Å². The molecule has 21 heavy (non-hydrogen) atoms. The van der Waals surface area contributed by atoms with E-state index in [-0.39, 0.29) is 6.04 Å². The Bertz CT molecular complexity index is 727. The second-order valence-corrected chi connectivity index (χ2v) is 5.19. The van der Waals surface area contributed by atoms with Crippen LogP contribution in [0.4, 0.5) is 0 Å². The summed E-state index contributed by atoms with van der Waals surface area (Å²) in [7, 11) is 0. The van der Waals surface area contributed by atoms with Gasteiger partial charge < -0.3 is 10.2 Å². The molecule has 2 N–H and O–H groups in total. The Balaban J connectivity index is 1.78. The number of nitrogens with zero attached hydrogens (tertiary/aromatic N) is 2. The van der Waals surface area contributed by atoms with Crippen LogP contribution < -0.4 is 5.73 Å². The molecule has 2 aromatic carbocycles. The molecule has 0 aliphatic rings. The van der Waals surface area contributed by atoms with Crippen LogP contribution in [0, 0.1) is 0 Å². The van der Waals surface area contributed by atoms with Crippen LogP contribution in [0.3, 0.4) is 0 Å². The van der Waals surface area contributed by atoms with Gasteiger partial charge in [0.2, 0.25) is 11.8 Å². The maximum absolute atomic E-state index is 6.13. The van der Waals surface area contributed by atoms with Crippen LogP contribution in [-0.4, -0.2) is 10.2 Å². The molecular weight excluding hydrogens is 286 g/mol. The molecule has 0 fully saturated rings. The molecular formula is C16H14ClN3O. The fraction of sp³-hybridized carbons (Fsp3) is 0.125. The Labute approximate surface area is 127 Å². The Morgan fingerprint density at radius 2 is 1.86 bits per heavy atom. The van der Waals surface area contributed by atoms with E-state index in [9.17, 15) is 0 Å². The molecule has 0 bridgehead atoms. The van der Waals surface area contributed by atoms with Crippen LogP contribution in [0.25, 0.3) is 11.5 Å². The first-order valence-electron chi connectivity index (χ1n) is 6.61. The number of nitrogens with two attached hydrogens (primary N) is 1. The van der Waals surface area contributed by atoms with E-state index in [1.165, 1.54) is 0 Å². The van der Waals surface area contributed by atoms with Crippen molar-refractivity contribution in [1.29, 1.82) is 0 Å². The molecule has 3 rings (SSSR count). The minimum Gasteiger partial charge on any atom is -0.419 e. The van der Waals surface area contributed by atoms with Crippen LogP contribution in [0.2, 0.25) is 5.02 Å². The first kappa shape index (κ1) is 13.8. The fourth-order valence-corrected chi connectivity index (χ4v) is 2.27. The highest BCUT2D eigenvalue weighted by Gasteiger charge is 2.16. The summed E-state index contributed by atoms with van der Waals surface area (Å²) in [6.45, 7) is 0. The van der Waals surface area contributed by atoms with Gasteiger partial charge in [0.15, 0.2) is 0 Å². The summed E-state index contributed by atoms with van der Waals surface area (Å²) in [4.78, 5) is 0. The van der Waals surface area contributed by atoms with Crippen molar-refractivity contribution in [1.82, 2.24) is 10.2 Å². The lowest BCUT2D eigenvalue weighted by Gasteiger charge is -2.06. The second kappa shape index (κ2) is 6.08. The van der Waals surface area contributed by atoms with Gasteiger partial charge in [-0.2, -0.15) is 0 Å². The zero-order chi connectivity index (χ0) is 14.7. The average Bonchev–Trinajstić information content (AvgIpc) is 2.98. The van der Waals surface area contributed by atoms with E-state index < -0.39 is 0 Å². The normalized spacial score (nSPS) is 12.3. The second-order valence-electron chi connectivity index (χ2n) is 4.75. The number of halogens is 1. The number of aromatic nitrogens is 2. The maximum atomic E-state index is 6.13. The minimum atomic E-state index is -0.326. The van der Waals surface area contributed by atoms with Gasteiger partial charge in [-0.15, -0.1) is 10.2 Å². The lowest BCUT2D eigenvalue weighted by atomic mass is 10.1. The summed E-state index contributed by atoms with van der Waals surface area (Å²) in [5.41, 5.74) is 8.04. The third-order valence-corrected chi connectivity index (χ3v) is 3.36. The van der Waals surface area contributed by atoms with Gasteiger partial charge in [-0.25, -0.2) is 0 Å². The SMILES string of the molecule is NC(Cc1ccccc1)c1nnc(-c2cccc(Cl)c2)o1. The van der Waals surface area contributed by atoms with E-state index >= 15 is 0 Å². The first-order chi connectivity index (χ1) is 10.2. The number of hydrogen-bond acceptors (Lipinski definition) is 4. The van der Waals surface area contributed by atoms with E-state index in [4.69, 9.17) is 21.8 Å². The summed E-state index contributed by atoms with van der Waals surface area (Å²) in [5.74, 6) is 0.852. The molecule has 1 heterocycles. The molecule has 0 spiro atoms. The number of rotatable bonds is 4. The van der Waals surface area contributed by atoms with Crippen molar-refractivity contribution >= 4 is 11.6 Å². The molecule has 106 valence electrons. The summed E-state index contributed by atoms with van der Waals surface area (Å²) in [6.07, 6.45) is 0.651. The van der Waals surface area contributed by atoms with Crippen LogP contribution >= 0.6 is 11.6 Å². The Morgan fingerprint density at radius 1 is 1.05 bits per heavy atom. The van der Waals surface area contributed by atoms with Gasteiger partial charge >= 0.3 is 0 Å². The molecule has 5 heteroatoms. The van der Waals surface area contributed by atoms with Gasteiger partial charge in [-0.1, -0.05) is 48.0 Å². The third kappa shape index (κ3) is 3.29. The van der Waals surface area contributed by atoms with E-state index in [2.05, 4.69) is 10.2 Å². The van der Waals surface area contributed by atoms with Gasteiger partial charge in [-0.3, -0.25) is 0 Å². The van der Waals surface area contributed by atoms with Gasteiger partial charge in [0.25, 0.3) is 0 Å². The Hall–Kier alpha value is -2.17. The van der Waals surface area contributed by atoms with Crippen LogP contribution in [0.15, 0.2) is 59.0 Å². The summed E-state index contributed by atoms with van der Waals surface area (Å²) in [6, 6.07) is 16.9. The Morgan fingerprint density at radius 3 is 2.62 bits per heavy atom. The van der Waals surface area contributed by atoms with Crippen molar-refractivity contribution in [3.63, 3.8) is 0 Å². The number of benzene rings is 2. The maximum Gasteiger partial charge on any atom is 0.247 e. The highest BCUT2D eigenvalue weighted by Crippen LogP contribution is 2.23. The molecule has 4 nitrogen and oxygen atoms in total. The molecule has 0 aliphatic heterocycles. The highest BCUT2D eigenvalue weighted by molar-refractivity contribution is 6.30. The van der Waals surface area contributed by atoms with E-state index in [0.29, 0.717) is 23.2 Å². The number of hydrogen-bond donors (Lipinski definition) is 1. The van der Waals surface area contributed by atoms with E-state index in [0.717, 1.165) is 11.1 Å². The third-order valence-electron chi connectivity index (χ3n) is 3.13. The van der Waals surface area contributed by atoms with Crippen molar-refractivity contribution in [2.75, 3.05) is 0 Å². The smallest absolute Gasteiger partial charge is 0.247 e. The lowest BCUT2D eigenvalue weighted by Crippen LogP contribution is -2.13. The van der Waals surface area contributed by atoms with Gasteiger partial charge in [0, 0.05) is 10.6 Å². The molecule has 0 aliphatic carbocycles. The van der Waals surface area contributed by atoms with Crippen molar-refractivity contribution < 1.29 is 4.42 Å². The zero-order valence-electron chi connectivity index (χ0n) is 11.2. The lowest BCUT2D eigenvalue weighted by molar-refractivity contribution is 0.457. The molecule has 0 saturated heterocycles. The van der Waals surface area contributed by atoms with E-state index in [1.54, 1.807) is 12.1 Å². The van der Waals surface area contributed by atoms with E-state index in [1.807, 2.05) is 42.5 Å². The van der Waals surface area contributed by atoms with Crippen LogP contribution in [-0.2, 0) is 6.42 Å². The predicted octanol–water partition coefficient (Wildman–Crippen LogP) is 3.63. The average molecular weight is 300 g/mol. The summed E-state index contributed by atoms with van der Waals surface area (Å²) in [5, 5.41) is 8.69. The van der Waals surface area contributed by atoms with Crippen LogP contribution in [0.1, 0.15) is 17.5 Å². The minimum absolute atomic E-state index is 0.326. The van der Waals surface area contributed by atoms with Crippen molar-refractivity contribution in [2.45, 2.75) is 12.5 Å². The predicted molar refractivity (Wildman–Crippen MR) is 81.8 cm³/mol. The van der Waals surface area contributed by atoms with Crippen LogP contribution in [0.5, 0.6) is 0 Å². The zero-order valence-corrected chi connectivity index (χ0v) is 12.0. The molecule has 3 aromatic rings. The van der Waals surface area contributed by atoms with Crippen molar-refractivity contribution in [2.24, 2.45) is 5.73 Å². The quantitative estimate of drug-likeness (QED) is 0.799. The molecule has 1 aromatic heterocycles. The molecule has 0 saturated carbocycles. The molecule has 0 radical (unpaired) electrons. The molecule has 1 unspecified atom stereocenters. The first-order valence-corrected chi connectivity index (χ1v) is 6.99. The summed E-state index contributed by atoms with van der Waals surface area (Å²) >= 11 is 5.96. The monoisotopic (exact) mass is 299 g/mol. The van der Waals surface area contributed by atoms with Gasteiger partial charge in [-0.05, 0) is 30.2 Å². The summed E-state index contributed by atoms with van der Waals surface area (Å²) < 4.78 is 5.65. The Kier molecular flexibility index (Phi) is 3.99. The highest BCUT2D eigenvalue weighted by atomic mass is 35.5.